The van der Waals surface area contributed by atoms with E-state index in [1.165, 1.54) is 12.1 Å². The van der Waals surface area contributed by atoms with E-state index >= 15 is 0 Å². The van der Waals surface area contributed by atoms with E-state index in [0.29, 0.717) is 11.8 Å². The minimum absolute atomic E-state index is 0.380. The first-order chi connectivity index (χ1) is 7.70. The molecule has 0 amide bonds. The summed E-state index contributed by atoms with van der Waals surface area (Å²) in [5, 5.41) is 0. The van der Waals surface area contributed by atoms with Crippen molar-refractivity contribution < 1.29 is 9.18 Å². The van der Waals surface area contributed by atoms with E-state index in [9.17, 15) is 9.18 Å². The van der Waals surface area contributed by atoms with Gasteiger partial charge in [-0.2, -0.15) is 0 Å². The monoisotopic (exact) mass is 214 g/mol. The smallest absolute Gasteiger partial charge is 0.150 e. The van der Waals surface area contributed by atoms with Crippen LogP contribution in [-0.2, 0) is 0 Å². The van der Waals surface area contributed by atoms with Gasteiger partial charge in [-0.05, 0) is 30.2 Å². The lowest BCUT2D eigenvalue weighted by Gasteiger charge is -2.05. The first kappa shape index (κ1) is 10.6. The third kappa shape index (κ3) is 2.01. The van der Waals surface area contributed by atoms with Crippen LogP contribution < -0.4 is 0 Å². The van der Waals surface area contributed by atoms with E-state index in [2.05, 4.69) is 0 Å². The van der Waals surface area contributed by atoms with Crippen molar-refractivity contribution >= 4 is 6.29 Å². The number of aldehydes is 1. The molecular formula is C14H11FO. The summed E-state index contributed by atoms with van der Waals surface area (Å²) in [4.78, 5) is 10.9. The largest absolute Gasteiger partial charge is 0.298 e. The molecule has 0 atom stereocenters. The number of rotatable bonds is 2. The molecule has 80 valence electrons. The van der Waals surface area contributed by atoms with Crippen molar-refractivity contribution in [3.05, 3.63) is 59.4 Å². The van der Waals surface area contributed by atoms with Gasteiger partial charge in [-0.3, -0.25) is 4.79 Å². The number of hydrogen-bond acceptors (Lipinski definition) is 1. The topological polar surface area (TPSA) is 17.1 Å². The number of carbonyl (C=O) groups is 1. The molecule has 0 fully saturated rings. The highest BCUT2D eigenvalue weighted by Gasteiger charge is 2.05. The van der Waals surface area contributed by atoms with Crippen molar-refractivity contribution in [3.63, 3.8) is 0 Å². The van der Waals surface area contributed by atoms with Crippen LogP contribution in [0.4, 0.5) is 4.39 Å². The molecule has 0 heterocycles. The Morgan fingerprint density at radius 3 is 2.62 bits per heavy atom. The Morgan fingerprint density at radius 1 is 1.12 bits per heavy atom. The molecule has 0 saturated heterocycles. The van der Waals surface area contributed by atoms with Crippen LogP contribution in [0.5, 0.6) is 0 Å². The van der Waals surface area contributed by atoms with Crippen molar-refractivity contribution in [2.75, 3.05) is 0 Å². The second kappa shape index (κ2) is 4.27. The summed E-state index contributed by atoms with van der Waals surface area (Å²) in [7, 11) is 0. The van der Waals surface area contributed by atoms with Crippen molar-refractivity contribution in [1.82, 2.24) is 0 Å². The standard InChI is InChI=1S/C14H11FO/c1-10-3-2-4-11(7-10)14-6-5-13(15)8-12(14)9-16/h2-9H,1H3. The fourth-order valence-electron chi connectivity index (χ4n) is 1.71. The van der Waals surface area contributed by atoms with Gasteiger partial charge in [0, 0.05) is 5.56 Å². The summed E-state index contributed by atoms with van der Waals surface area (Å²) in [6, 6.07) is 12.0. The molecule has 2 aromatic rings. The summed E-state index contributed by atoms with van der Waals surface area (Å²) in [6.07, 6.45) is 0.681. The molecule has 1 nitrogen and oxygen atoms in total. The molecule has 0 aliphatic heterocycles. The van der Waals surface area contributed by atoms with Crippen LogP contribution in [0.3, 0.4) is 0 Å². The van der Waals surface area contributed by atoms with Gasteiger partial charge in [-0.25, -0.2) is 4.39 Å². The summed E-state index contributed by atoms with van der Waals surface area (Å²) in [5.74, 6) is -0.390. The maximum atomic E-state index is 13.0. The van der Waals surface area contributed by atoms with E-state index in [1.54, 1.807) is 6.07 Å². The quantitative estimate of drug-likeness (QED) is 0.698. The van der Waals surface area contributed by atoms with Gasteiger partial charge in [0.25, 0.3) is 0 Å². The minimum Gasteiger partial charge on any atom is -0.298 e. The zero-order chi connectivity index (χ0) is 11.5. The second-order valence-corrected chi connectivity index (χ2v) is 3.72. The second-order valence-electron chi connectivity index (χ2n) is 3.72. The van der Waals surface area contributed by atoms with Crippen LogP contribution in [-0.4, -0.2) is 6.29 Å². The molecule has 2 aromatic carbocycles. The van der Waals surface area contributed by atoms with E-state index in [1.807, 2.05) is 31.2 Å². The molecule has 0 saturated carbocycles. The minimum atomic E-state index is -0.390. The van der Waals surface area contributed by atoms with Crippen molar-refractivity contribution in [2.24, 2.45) is 0 Å². The first-order valence-corrected chi connectivity index (χ1v) is 5.02. The molecule has 0 unspecified atom stereocenters. The molecule has 0 aliphatic rings. The molecule has 0 aliphatic carbocycles. The first-order valence-electron chi connectivity index (χ1n) is 5.02. The van der Waals surface area contributed by atoms with Crippen LogP contribution in [0, 0.1) is 12.7 Å². The fourth-order valence-corrected chi connectivity index (χ4v) is 1.71. The molecule has 0 spiro atoms. The Bertz CT molecular complexity index is 532. The number of benzene rings is 2. The van der Waals surface area contributed by atoms with Gasteiger partial charge in [0.2, 0.25) is 0 Å². The van der Waals surface area contributed by atoms with Crippen LogP contribution >= 0.6 is 0 Å². The van der Waals surface area contributed by atoms with E-state index in [4.69, 9.17) is 0 Å². The Labute approximate surface area is 93.5 Å². The predicted octanol–water partition coefficient (Wildman–Crippen LogP) is 3.61. The molecule has 0 bridgehead atoms. The molecular weight excluding hydrogens is 203 g/mol. The molecule has 16 heavy (non-hydrogen) atoms. The number of carbonyl (C=O) groups excluding carboxylic acids is 1. The Kier molecular flexibility index (Phi) is 2.82. The lowest BCUT2D eigenvalue weighted by Crippen LogP contribution is -1.89. The van der Waals surface area contributed by atoms with Gasteiger partial charge in [-0.15, -0.1) is 0 Å². The zero-order valence-corrected chi connectivity index (χ0v) is 8.91. The normalized spacial score (nSPS) is 10.1. The highest BCUT2D eigenvalue weighted by atomic mass is 19.1. The lowest BCUT2D eigenvalue weighted by atomic mass is 9.99. The Hall–Kier alpha value is -1.96. The van der Waals surface area contributed by atoms with E-state index in [-0.39, 0.29) is 0 Å². The predicted molar refractivity (Wildman–Crippen MR) is 62.0 cm³/mol. The van der Waals surface area contributed by atoms with Crippen molar-refractivity contribution in [1.29, 1.82) is 0 Å². The van der Waals surface area contributed by atoms with Gasteiger partial charge in [0.15, 0.2) is 6.29 Å². The fraction of sp³-hybridized carbons (Fsp3) is 0.0714. The maximum Gasteiger partial charge on any atom is 0.150 e. The van der Waals surface area contributed by atoms with Crippen LogP contribution in [0.2, 0.25) is 0 Å². The number of aryl methyl sites for hydroxylation is 1. The summed E-state index contributed by atoms with van der Waals surface area (Å²) >= 11 is 0. The summed E-state index contributed by atoms with van der Waals surface area (Å²) < 4.78 is 13.0. The van der Waals surface area contributed by atoms with Crippen LogP contribution in [0.25, 0.3) is 11.1 Å². The van der Waals surface area contributed by atoms with Gasteiger partial charge < -0.3 is 0 Å². The zero-order valence-electron chi connectivity index (χ0n) is 8.91. The molecule has 0 radical (unpaired) electrons. The maximum absolute atomic E-state index is 13.0. The number of halogens is 1. The molecule has 2 rings (SSSR count). The summed E-state index contributed by atoms with van der Waals surface area (Å²) in [6.45, 7) is 1.98. The highest BCUT2D eigenvalue weighted by Crippen LogP contribution is 2.24. The SMILES string of the molecule is Cc1cccc(-c2ccc(F)cc2C=O)c1. The van der Waals surface area contributed by atoms with Gasteiger partial charge in [0.1, 0.15) is 5.82 Å². The molecule has 0 aromatic heterocycles. The van der Waals surface area contributed by atoms with Crippen LogP contribution in [0.1, 0.15) is 15.9 Å². The molecule has 0 N–H and O–H groups in total. The number of hydrogen-bond donors (Lipinski definition) is 0. The third-order valence-corrected chi connectivity index (χ3v) is 2.47. The average molecular weight is 214 g/mol. The summed E-state index contributed by atoms with van der Waals surface area (Å²) in [5.41, 5.74) is 3.19. The average Bonchev–Trinajstić information content (AvgIpc) is 2.28. The lowest BCUT2D eigenvalue weighted by molar-refractivity contribution is 0.112. The molecule has 2 heteroatoms. The third-order valence-electron chi connectivity index (χ3n) is 2.47. The van der Waals surface area contributed by atoms with Crippen LogP contribution in [0.15, 0.2) is 42.5 Å². The van der Waals surface area contributed by atoms with Gasteiger partial charge in [-0.1, -0.05) is 35.9 Å². The Balaban J connectivity index is 2.59. The van der Waals surface area contributed by atoms with E-state index < -0.39 is 5.82 Å². The van der Waals surface area contributed by atoms with Crippen molar-refractivity contribution in [2.45, 2.75) is 6.92 Å². The Morgan fingerprint density at radius 2 is 1.94 bits per heavy atom. The van der Waals surface area contributed by atoms with E-state index in [0.717, 1.165) is 16.7 Å². The van der Waals surface area contributed by atoms with Crippen molar-refractivity contribution in [3.8, 4) is 11.1 Å². The highest BCUT2D eigenvalue weighted by molar-refractivity contribution is 5.87. The van der Waals surface area contributed by atoms with Gasteiger partial charge >= 0.3 is 0 Å². The van der Waals surface area contributed by atoms with Gasteiger partial charge in [0.05, 0.1) is 0 Å².